The number of amides is 1. The van der Waals surface area contributed by atoms with Gasteiger partial charge in [-0.05, 0) is 54.1 Å². The smallest absolute Gasteiger partial charge is 0.304 e. The zero-order valence-electron chi connectivity index (χ0n) is 16.4. The van der Waals surface area contributed by atoms with E-state index in [4.69, 9.17) is 11.5 Å². The number of nitrogens with zero attached hydrogens (tertiary/aromatic N) is 2. The minimum Gasteiger partial charge on any atom is -0.481 e. The second-order valence-electron chi connectivity index (χ2n) is 6.56. The van der Waals surface area contributed by atoms with Crippen LogP contribution in [0.25, 0.3) is 0 Å². The van der Waals surface area contributed by atoms with Gasteiger partial charge >= 0.3 is 5.97 Å². The van der Waals surface area contributed by atoms with Crippen LogP contribution in [0, 0.1) is 0 Å². The first-order valence-corrected chi connectivity index (χ1v) is 10.2. The molecule has 0 saturated carbocycles. The van der Waals surface area contributed by atoms with Crippen LogP contribution in [0.1, 0.15) is 27.6 Å². The zero-order chi connectivity index (χ0) is 22.2. The molecular weight excluding hydrogens is 414 g/mol. The summed E-state index contributed by atoms with van der Waals surface area (Å²) in [5.74, 6) is -1.23. The summed E-state index contributed by atoms with van der Waals surface area (Å²) in [6, 6.07) is 17.4. The lowest BCUT2D eigenvalue weighted by atomic mass is 10.1. The van der Waals surface area contributed by atoms with Crippen LogP contribution in [0.3, 0.4) is 0 Å². The second kappa shape index (κ2) is 10.3. The van der Waals surface area contributed by atoms with Crippen LogP contribution in [0.2, 0.25) is 0 Å². The molecule has 0 spiro atoms. The lowest BCUT2D eigenvalue weighted by Gasteiger charge is -2.15. The Kier molecular flexibility index (Phi) is 7.23. The fraction of sp³-hybridized carbons (Fsp3) is 0.0909. The summed E-state index contributed by atoms with van der Waals surface area (Å²) in [4.78, 5) is 32.7. The van der Waals surface area contributed by atoms with Gasteiger partial charge in [-0.1, -0.05) is 12.1 Å². The Bertz CT molecular complexity index is 1080. The molecule has 1 amide bonds. The average Bonchev–Trinajstić information content (AvgIpc) is 2.74. The van der Waals surface area contributed by atoms with Crippen LogP contribution in [0.4, 0.5) is 11.4 Å². The maximum Gasteiger partial charge on any atom is 0.304 e. The van der Waals surface area contributed by atoms with Gasteiger partial charge in [-0.3, -0.25) is 14.6 Å². The molecule has 31 heavy (non-hydrogen) atoms. The predicted octanol–water partition coefficient (Wildman–Crippen LogP) is 3.55. The second-order valence-corrected chi connectivity index (χ2v) is 7.83. The Labute approximate surface area is 183 Å². The van der Waals surface area contributed by atoms with Gasteiger partial charge in [0.2, 0.25) is 0 Å². The molecule has 0 aliphatic rings. The SMILES string of the molecule is NC(N)=Nc1ccc(C(=O)Nc2cccc(SC(CC(=O)O)c3cccnc3)c2)cc1. The van der Waals surface area contributed by atoms with E-state index in [1.54, 1.807) is 54.9 Å². The molecule has 9 heteroatoms. The number of carboxylic acid groups (broad SMARTS) is 1. The summed E-state index contributed by atoms with van der Waals surface area (Å²) in [6.07, 6.45) is 3.26. The van der Waals surface area contributed by atoms with Crippen LogP contribution >= 0.6 is 11.8 Å². The van der Waals surface area contributed by atoms with Crippen molar-refractivity contribution in [2.75, 3.05) is 5.32 Å². The number of hydrogen-bond acceptors (Lipinski definition) is 5. The first-order valence-electron chi connectivity index (χ1n) is 9.30. The number of carbonyl (C=O) groups excluding carboxylic acids is 1. The molecule has 3 aromatic rings. The number of guanidine groups is 1. The lowest BCUT2D eigenvalue weighted by molar-refractivity contribution is -0.137. The monoisotopic (exact) mass is 435 g/mol. The van der Waals surface area contributed by atoms with Crippen molar-refractivity contribution in [1.82, 2.24) is 4.98 Å². The maximum absolute atomic E-state index is 12.6. The van der Waals surface area contributed by atoms with Crippen LogP contribution in [0.15, 0.2) is 82.9 Å². The summed E-state index contributed by atoms with van der Waals surface area (Å²) < 4.78 is 0. The van der Waals surface area contributed by atoms with Crippen molar-refractivity contribution in [1.29, 1.82) is 0 Å². The number of nitrogens with two attached hydrogens (primary N) is 2. The first kappa shape index (κ1) is 21.8. The van der Waals surface area contributed by atoms with E-state index in [1.165, 1.54) is 11.8 Å². The fourth-order valence-electron chi connectivity index (χ4n) is 2.80. The summed E-state index contributed by atoms with van der Waals surface area (Å²) in [5.41, 5.74) is 13.1. The molecule has 6 N–H and O–H groups in total. The maximum atomic E-state index is 12.6. The van der Waals surface area contributed by atoms with Gasteiger partial charge in [-0.2, -0.15) is 0 Å². The molecule has 0 aliphatic heterocycles. The number of hydrogen-bond donors (Lipinski definition) is 4. The van der Waals surface area contributed by atoms with E-state index in [1.807, 2.05) is 18.2 Å². The Balaban J connectivity index is 1.72. The van der Waals surface area contributed by atoms with Crippen LogP contribution in [-0.2, 0) is 4.79 Å². The molecule has 1 atom stereocenters. The summed E-state index contributed by atoms with van der Waals surface area (Å²) in [7, 11) is 0. The lowest BCUT2D eigenvalue weighted by Crippen LogP contribution is -2.21. The molecular formula is C22H21N5O3S. The number of rotatable bonds is 8. The van der Waals surface area contributed by atoms with E-state index in [9.17, 15) is 14.7 Å². The number of aliphatic carboxylic acids is 1. The van der Waals surface area contributed by atoms with Gasteiger partial charge in [0, 0.05) is 33.8 Å². The number of carboxylic acids is 1. The number of thioether (sulfide) groups is 1. The standard InChI is InChI=1S/C22H21N5O3S/c23-22(24)27-16-8-6-14(7-9-16)21(30)26-17-4-1-5-18(11-17)31-19(12-20(28)29)15-3-2-10-25-13-15/h1-11,13,19H,12H2,(H,26,30)(H,28,29)(H4,23,24,27). The van der Waals surface area contributed by atoms with Crippen molar-refractivity contribution in [2.24, 2.45) is 16.5 Å². The van der Waals surface area contributed by atoms with Gasteiger partial charge in [0.1, 0.15) is 0 Å². The minimum absolute atomic E-state index is 0.0465. The average molecular weight is 436 g/mol. The summed E-state index contributed by atoms with van der Waals surface area (Å²) in [6.45, 7) is 0. The van der Waals surface area contributed by atoms with E-state index in [0.717, 1.165) is 10.5 Å². The number of carbonyl (C=O) groups is 2. The van der Waals surface area contributed by atoms with Crippen molar-refractivity contribution in [3.8, 4) is 0 Å². The first-order chi connectivity index (χ1) is 14.9. The van der Waals surface area contributed by atoms with Gasteiger partial charge in [0.15, 0.2) is 5.96 Å². The molecule has 8 nitrogen and oxygen atoms in total. The van der Waals surface area contributed by atoms with Gasteiger partial charge in [0.25, 0.3) is 5.91 Å². The van der Waals surface area contributed by atoms with E-state index >= 15 is 0 Å². The summed E-state index contributed by atoms with van der Waals surface area (Å²) in [5, 5.41) is 11.8. The largest absolute Gasteiger partial charge is 0.481 e. The van der Waals surface area contributed by atoms with Crippen LogP contribution in [0.5, 0.6) is 0 Å². The molecule has 1 unspecified atom stereocenters. The molecule has 0 saturated heterocycles. The number of nitrogens with one attached hydrogen (secondary N) is 1. The third-order valence-electron chi connectivity index (χ3n) is 4.17. The molecule has 2 aromatic carbocycles. The quantitative estimate of drug-likeness (QED) is 0.241. The highest BCUT2D eigenvalue weighted by atomic mass is 32.2. The normalized spacial score (nSPS) is 11.4. The van der Waals surface area contributed by atoms with E-state index in [-0.39, 0.29) is 23.5 Å². The van der Waals surface area contributed by atoms with Gasteiger partial charge in [-0.15, -0.1) is 11.8 Å². The predicted molar refractivity (Wildman–Crippen MR) is 121 cm³/mol. The van der Waals surface area contributed by atoms with Crippen molar-refractivity contribution < 1.29 is 14.7 Å². The Morgan fingerprint density at radius 3 is 2.52 bits per heavy atom. The van der Waals surface area contributed by atoms with Gasteiger partial charge in [0.05, 0.1) is 12.1 Å². The van der Waals surface area contributed by atoms with Crippen LogP contribution < -0.4 is 16.8 Å². The Morgan fingerprint density at radius 2 is 1.87 bits per heavy atom. The van der Waals surface area contributed by atoms with Crippen molar-refractivity contribution in [3.63, 3.8) is 0 Å². The molecule has 1 heterocycles. The molecule has 0 bridgehead atoms. The van der Waals surface area contributed by atoms with Crippen molar-refractivity contribution in [3.05, 3.63) is 84.2 Å². The number of aromatic nitrogens is 1. The van der Waals surface area contributed by atoms with E-state index in [0.29, 0.717) is 16.9 Å². The van der Waals surface area contributed by atoms with Gasteiger partial charge in [-0.25, -0.2) is 4.99 Å². The highest BCUT2D eigenvalue weighted by Crippen LogP contribution is 2.38. The molecule has 3 rings (SSSR count). The molecule has 0 aliphatic carbocycles. The third-order valence-corrected chi connectivity index (χ3v) is 5.42. The highest BCUT2D eigenvalue weighted by molar-refractivity contribution is 7.99. The number of benzene rings is 2. The van der Waals surface area contributed by atoms with Gasteiger partial charge < -0.3 is 21.9 Å². The topological polar surface area (TPSA) is 144 Å². The third kappa shape index (κ3) is 6.58. The summed E-state index contributed by atoms with van der Waals surface area (Å²) >= 11 is 1.40. The van der Waals surface area contributed by atoms with E-state index < -0.39 is 5.97 Å². The Hall–Kier alpha value is -3.85. The highest BCUT2D eigenvalue weighted by Gasteiger charge is 2.18. The molecule has 158 valence electrons. The number of anilines is 1. The molecule has 1 aromatic heterocycles. The fourth-order valence-corrected chi connectivity index (χ4v) is 3.99. The van der Waals surface area contributed by atoms with Crippen molar-refractivity contribution >= 4 is 41.0 Å². The molecule has 0 radical (unpaired) electrons. The van der Waals surface area contributed by atoms with Crippen molar-refractivity contribution in [2.45, 2.75) is 16.6 Å². The van der Waals surface area contributed by atoms with E-state index in [2.05, 4.69) is 15.3 Å². The van der Waals surface area contributed by atoms with Crippen LogP contribution in [-0.4, -0.2) is 27.9 Å². The zero-order valence-corrected chi connectivity index (χ0v) is 17.3. The number of pyridine rings is 1. The number of aliphatic imine (C=N–C) groups is 1. The molecule has 0 fully saturated rings. The Morgan fingerprint density at radius 1 is 1.10 bits per heavy atom. The minimum atomic E-state index is -0.894.